The van der Waals surface area contributed by atoms with Crippen LogP contribution in [0, 0.1) is 0 Å². The first-order chi connectivity index (χ1) is 15.2. The normalized spacial score (nSPS) is 13.0. The van der Waals surface area contributed by atoms with Crippen molar-refractivity contribution >= 4 is 5.91 Å². The zero-order valence-corrected chi connectivity index (χ0v) is 17.4. The smallest absolute Gasteiger partial charge is 0.237 e. The Balaban J connectivity index is 1.54. The molecule has 0 saturated carbocycles. The maximum Gasteiger partial charge on any atom is 0.237 e. The number of rotatable bonds is 8. The first kappa shape index (κ1) is 20.6. The largest absolute Gasteiger partial charge is 0.467 e. The van der Waals surface area contributed by atoms with Crippen LogP contribution in [0.3, 0.4) is 0 Å². The van der Waals surface area contributed by atoms with E-state index in [0.29, 0.717) is 0 Å². The zero-order chi connectivity index (χ0) is 21.5. The highest BCUT2D eigenvalue weighted by molar-refractivity contribution is 5.82. The number of hydrogen-bond acceptors (Lipinski definition) is 3. The highest BCUT2D eigenvalue weighted by Gasteiger charge is 2.25. The highest BCUT2D eigenvalue weighted by atomic mass is 16.3. The first-order valence-electron chi connectivity index (χ1n) is 10.5. The van der Waals surface area contributed by atoms with Crippen molar-refractivity contribution in [1.82, 2.24) is 10.6 Å². The number of nitrogens with one attached hydrogen (secondary N) is 2. The van der Waals surface area contributed by atoms with Gasteiger partial charge in [-0.1, -0.05) is 91.0 Å². The van der Waals surface area contributed by atoms with Gasteiger partial charge in [0.1, 0.15) is 5.76 Å². The summed E-state index contributed by atoms with van der Waals surface area (Å²) in [6.45, 7) is 1.88. The minimum Gasteiger partial charge on any atom is -0.467 e. The van der Waals surface area contributed by atoms with E-state index in [1.54, 1.807) is 6.26 Å². The fraction of sp³-hybridized carbons (Fsp3) is 0.148. The van der Waals surface area contributed by atoms with Crippen molar-refractivity contribution in [2.45, 2.75) is 25.0 Å². The molecule has 31 heavy (non-hydrogen) atoms. The molecule has 3 aromatic carbocycles. The highest BCUT2D eigenvalue weighted by Crippen LogP contribution is 2.24. The molecule has 0 radical (unpaired) electrons. The molecule has 2 atom stereocenters. The predicted octanol–water partition coefficient (Wildman–Crippen LogP) is 5.25. The van der Waals surface area contributed by atoms with E-state index in [0.717, 1.165) is 22.5 Å². The third kappa shape index (κ3) is 5.11. The lowest BCUT2D eigenvalue weighted by Crippen LogP contribution is -2.45. The van der Waals surface area contributed by atoms with Gasteiger partial charge in [0.05, 0.1) is 24.4 Å². The van der Waals surface area contributed by atoms with Crippen LogP contribution in [0.5, 0.6) is 0 Å². The van der Waals surface area contributed by atoms with Gasteiger partial charge >= 0.3 is 0 Å². The van der Waals surface area contributed by atoms with Gasteiger partial charge < -0.3 is 9.73 Å². The molecule has 4 heteroatoms. The van der Waals surface area contributed by atoms with Crippen LogP contribution in [-0.2, 0) is 4.79 Å². The molecule has 4 nitrogen and oxygen atoms in total. The van der Waals surface area contributed by atoms with Gasteiger partial charge in [0, 0.05) is 0 Å². The van der Waals surface area contributed by atoms with E-state index < -0.39 is 6.04 Å². The lowest BCUT2D eigenvalue weighted by Gasteiger charge is -2.25. The van der Waals surface area contributed by atoms with E-state index in [2.05, 4.69) is 10.6 Å². The van der Waals surface area contributed by atoms with E-state index >= 15 is 0 Å². The van der Waals surface area contributed by atoms with Crippen LogP contribution in [-0.4, -0.2) is 11.9 Å². The quantitative estimate of drug-likeness (QED) is 0.417. The van der Waals surface area contributed by atoms with E-state index in [9.17, 15) is 4.79 Å². The van der Waals surface area contributed by atoms with Crippen molar-refractivity contribution in [2.75, 3.05) is 0 Å². The summed E-state index contributed by atoms with van der Waals surface area (Å²) in [5.74, 6) is 0.693. The Hall–Kier alpha value is -3.63. The minimum atomic E-state index is -0.440. The molecule has 0 aliphatic rings. The maximum absolute atomic E-state index is 13.2. The number of hydrogen-bond donors (Lipinski definition) is 2. The average molecular weight is 411 g/mol. The molecule has 4 rings (SSSR count). The summed E-state index contributed by atoms with van der Waals surface area (Å²) in [6.07, 6.45) is 1.65. The number of amides is 1. The van der Waals surface area contributed by atoms with Gasteiger partial charge in [-0.15, -0.1) is 0 Å². The Bertz CT molecular complexity index is 1020. The van der Waals surface area contributed by atoms with Gasteiger partial charge in [-0.05, 0) is 35.7 Å². The third-order valence-electron chi connectivity index (χ3n) is 5.32. The second-order valence-corrected chi connectivity index (χ2v) is 7.51. The van der Waals surface area contributed by atoms with E-state index in [1.807, 2.05) is 110 Å². The summed E-state index contributed by atoms with van der Waals surface area (Å²) in [5, 5.41) is 6.66. The van der Waals surface area contributed by atoms with Crippen LogP contribution in [0.1, 0.15) is 41.5 Å². The Labute approximate surface area is 182 Å². The molecule has 0 spiro atoms. The van der Waals surface area contributed by atoms with E-state index in [4.69, 9.17) is 4.42 Å². The summed E-state index contributed by atoms with van der Waals surface area (Å²) in [5.41, 5.74) is 3.12. The fourth-order valence-electron chi connectivity index (χ4n) is 3.69. The zero-order valence-electron chi connectivity index (χ0n) is 17.4. The number of carbonyl (C=O) groups is 1. The third-order valence-corrected chi connectivity index (χ3v) is 5.32. The maximum atomic E-state index is 13.2. The summed E-state index contributed by atoms with van der Waals surface area (Å²) >= 11 is 0. The van der Waals surface area contributed by atoms with Crippen LogP contribution >= 0.6 is 0 Å². The first-order valence-corrected chi connectivity index (χ1v) is 10.5. The molecular formula is C27H26N2O2. The molecule has 0 aliphatic carbocycles. The summed E-state index contributed by atoms with van der Waals surface area (Å²) in [6, 6.07) is 32.9. The van der Waals surface area contributed by atoms with Gasteiger partial charge in [0.25, 0.3) is 0 Å². The Morgan fingerprint density at radius 3 is 1.61 bits per heavy atom. The lowest BCUT2D eigenvalue weighted by molar-refractivity contribution is -0.123. The Morgan fingerprint density at radius 2 is 1.16 bits per heavy atom. The molecule has 0 saturated heterocycles. The molecule has 1 heterocycles. The van der Waals surface area contributed by atoms with Crippen LogP contribution < -0.4 is 10.6 Å². The van der Waals surface area contributed by atoms with Crippen molar-refractivity contribution < 1.29 is 9.21 Å². The fourth-order valence-corrected chi connectivity index (χ4v) is 3.69. The predicted molar refractivity (Wildman–Crippen MR) is 122 cm³/mol. The number of carbonyl (C=O) groups excluding carboxylic acids is 1. The number of benzene rings is 3. The average Bonchev–Trinajstić information content (AvgIpc) is 3.37. The topological polar surface area (TPSA) is 54.3 Å². The van der Waals surface area contributed by atoms with Gasteiger partial charge in [-0.3, -0.25) is 10.1 Å². The molecule has 0 unspecified atom stereocenters. The van der Waals surface area contributed by atoms with E-state index in [1.165, 1.54) is 0 Å². The molecule has 2 N–H and O–H groups in total. The van der Waals surface area contributed by atoms with Crippen LogP contribution in [0.2, 0.25) is 0 Å². The molecule has 156 valence electrons. The lowest BCUT2D eigenvalue weighted by atomic mass is 9.98. The van der Waals surface area contributed by atoms with Crippen LogP contribution in [0.4, 0.5) is 0 Å². The summed E-state index contributed by atoms with van der Waals surface area (Å²) in [7, 11) is 0. The van der Waals surface area contributed by atoms with Crippen LogP contribution in [0.25, 0.3) is 0 Å². The second-order valence-electron chi connectivity index (χ2n) is 7.51. The molecule has 0 fully saturated rings. The SMILES string of the molecule is C[C@@H](N[C@@H](c1ccccc1)c1ccco1)C(=O)NC(c1ccccc1)c1ccccc1. The minimum absolute atomic E-state index is 0.0785. The van der Waals surface area contributed by atoms with Crippen molar-refractivity contribution in [3.05, 3.63) is 132 Å². The van der Waals surface area contributed by atoms with Gasteiger partial charge in [0.15, 0.2) is 0 Å². The molecule has 0 bridgehead atoms. The molecule has 1 aromatic heterocycles. The summed E-state index contributed by atoms with van der Waals surface area (Å²) in [4.78, 5) is 13.2. The summed E-state index contributed by atoms with van der Waals surface area (Å²) < 4.78 is 5.66. The molecule has 4 aromatic rings. The Morgan fingerprint density at radius 1 is 0.677 bits per heavy atom. The van der Waals surface area contributed by atoms with E-state index in [-0.39, 0.29) is 18.0 Å². The number of furan rings is 1. The van der Waals surface area contributed by atoms with Crippen LogP contribution in [0.15, 0.2) is 114 Å². The van der Waals surface area contributed by atoms with Crippen molar-refractivity contribution in [3.63, 3.8) is 0 Å². The molecule has 1 amide bonds. The molecular weight excluding hydrogens is 384 g/mol. The van der Waals surface area contributed by atoms with Crippen molar-refractivity contribution in [2.24, 2.45) is 0 Å². The van der Waals surface area contributed by atoms with Gasteiger partial charge in [-0.25, -0.2) is 0 Å². The second kappa shape index (κ2) is 9.92. The van der Waals surface area contributed by atoms with Crippen molar-refractivity contribution in [1.29, 1.82) is 0 Å². The monoisotopic (exact) mass is 410 g/mol. The van der Waals surface area contributed by atoms with Crippen molar-refractivity contribution in [3.8, 4) is 0 Å². The standard InChI is InChI=1S/C27H26N2O2/c1-20(28-26(24-18-11-19-31-24)23-16-9-4-10-17-23)27(30)29-25(21-12-5-2-6-13-21)22-14-7-3-8-15-22/h2-20,25-26,28H,1H3,(H,29,30)/t20-,26+/m1/s1. The van der Waals surface area contributed by atoms with Gasteiger partial charge in [0.2, 0.25) is 5.91 Å². The van der Waals surface area contributed by atoms with Gasteiger partial charge in [-0.2, -0.15) is 0 Å². The molecule has 0 aliphatic heterocycles. The Kier molecular flexibility index (Phi) is 6.60.